The van der Waals surface area contributed by atoms with Crippen molar-refractivity contribution in [3.63, 3.8) is 0 Å². The van der Waals surface area contributed by atoms with Gasteiger partial charge in [-0.15, -0.1) is 0 Å². The molecule has 1 fully saturated rings. The molecule has 0 N–H and O–H groups in total. The fourth-order valence-corrected chi connectivity index (χ4v) is 4.89. The van der Waals surface area contributed by atoms with Crippen LogP contribution in [0.4, 0.5) is 0 Å². The van der Waals surface area contributed by atoms with E-state index in [4.69, 9.17) is 4.74 Å². The normalized spacial score (nSPS) is 22.1. The van der Waals surface area contributed by atoms with Crippen molar-refractivity contribution in [2.75, 3.05) is 19.7 Å². The van der Waals surface area contributed by atoms with Crippen LogP contribution >= 0.6 is 0 Å². The van der Waals surface area contributed by atoms with Crippen LogP contribution < -0.4 is 0 Å². The SMILES string of the molecule is C=C1CN(S(=O)(=O)c2ccc(C)cc2)CCOC(=O)C(C)(c2ccccc2)C1. The summed E-state index contributed by atoms with van der Waals surface area (Å²) in [6, 6.07) is 16.1. The molecule has 1 heterocycles. The number of nitrogens with zero attached hydrogens (tertiary/aromatic N) is 1. The molecule has 0 radical (unpaired) electrons. The molecule has 2 aromatic carbocycles. The summed E-state index contributed by atoms with van der Waals surface area (Å²) >= 11 is 0. The molecule has 0 bridgehead atoms. The molecular formula is C22H25NO4S. The second-order valence-corrected chi connectivity index (χ2v) is 9.35. The van der Waals surface area contributed by atoms with Crippen LogP contribution in [0.25, 0.3) is 0 Å². The van der Waals surface area contributed by atoms with E-state index in [9.17, 15) is 13.2 Å². The molecule has 6 heteroatoms. The lowest BCUT2D eigenvalue weighted by Gasteiger charge is -2.28. The van der Waals surface area contributed by atoms with E-state index >= 15 is 0 Å². The molecule has 1 unspecified atom stereocenters. The Morgan fingerprint density at radius 1 is 1.07 bits per heavy atom. The Hall–Kier alpha value is -2.44. The van der Waals surface area contributed by atoms with Crippen LogP contribution in [0.1, 0.15) is 24.5 Å². The molecule has 2 aromatic rings. The first-order valence-corrected chi connectivity index (χ1v) is 10.6. The molecule has 148 valence electrons. The molecule has 5 nitrogen and oxygen atoms in total. The lowest BCUT2D eigenvalue weighted by molar-refractivity contribution is -0.149. The predicted octanol–water partition coefficient (Wildman–Crippen LogP) is 3.45. The maximum absolute atomic E-state index is 13.1. The van der Waals surface area contributed by atoms with E-state index in [1.807, 2.05) is 44.2 Å². The first-order chi connectivity index (χ1) is 13.2. The zero-order chi connectivity index (χ0) is 20.4. The van der Waals surface area contributed by atoms with Crippen LogP contribution in [-0.2, 0) is 25.0 Å². The second-order valence-electron chi connectivity index (χ2n) is 7.41. The third-order valence-electron chi connectivity index (χ3n) is 5.10. The zero-order valence-electron chi connectivity index (χ0n) is 16.2. The summed E-state index contributed by atoms with van der Waals surface area (Å²) in [6.07, 6.45) is 0.315. The van der Waals surface area contributed by atoms with Crippen LogP contribution in [-0.4, -0.2) is 38.4 Å². The Morgan fingerprint density at radius 2 is 1.71 bits per heavy atom. The van der Waals surface area contributed by atoms with Gasteiger partial charge in [0.2, 0.25) is 10.0 Å². The number of esters is 1. The number of carbonyl (C=O) groups excluding carboxylic acids is 1. The van der Waals surface area contributed by atoms with Crippen molar-refractivity contribution in [3.8, 4) is 0 Å². The second kappa shape index (κ2) is 7.89. The lowest BCUT2D eigenvalue weighted by atomic mass is 9.77. The highest BCUT2D eigenvalue weighted by Crippen LogP contribution is 2.33. The van der Waals surface area contributed by atoms with Gasteiger partial charge in [-0.05, 0) is 38.0 Å². The van der Waals surface area contributed by atoms with E-state index in [1.54, 1.807) is 24.3 Å². The maximum atomic E-state index is 13.1. The van der Waals surface area contributed by atoms with Gasteiger partial charge in [-0.3, -0.25) is 4.79 Å². The highest BCUT2D eigenvalue weighted by Gasteiger charge is 2.39. The summed E-state index contributed by atoms with van der Waals surface area (Å²) in [7, 11) is -3.71. The summed E-state index contributed by atoms with van der Waals surface area (Å²) in [5, 5.41) is 0. The molecule has 0 spiro atoms. The standard InChI is InChI=1S/C22H25NO4S/c1-17-9-11-20(12-10-17)28(25,26)23-13-14-27-21(24)22(3,15-18(2)16-23)19-7-5-4-6-8-19/h4-12H,2,13-16H2,1,3H3. The maximum Gasteiger partial charge on any atom is 0.316 e. The van der Waals surface area contributed by atoms with Crippen molar-refractivity contribution in [1.29, 1.82) is 0 Å². The average molecular weight is 400 g/mol. The number of aryl methyl sites for hydroxylation is 1. The van der Waals surface area contributed by atoms with E-state index in [-0.39, 0.29) is 30.6 Å². The highest BCUT2D eigenvalue weighted by atomic mass is 32.2. The molecule has 0 aliphatic carbocycles. The van der Waals surface area contributed by atoms with Gasteiger partial charge < -0.3 is 4.74 Å². The van der Waals surface area contributed by atoms with Crippen molar-refractivity contribution in [2.24, 2.45) is 0 Å². The number of cyclic esters (lactones) is 1. The molecule has 0 saturated carbocycles. The van der Waals surface area contributed by atoms with Gasteiger partial charge in [0.05, 0.1) is 10.3 Å². The van der Waals surface area contributed by atoms with Crippen LogP contribution in [0.5, 0.6) is 0 Å². The monoisotopic (exact) mass is 399 g/mol. The Kier molecular flexibility index (Phi) is 5.72. The van der Waals surface area contributed by atoms with E-state index in [1.165, 1.54) is 4.31 Å². The smallest absolute Gasteiger partial charge is 0.316 e. The van der Waals surface area contributed by atoms with Crippen LogP contribution in [0, 0.1) is 6.92 Å². The molecule has 1 aliphatic rings. The Labute approximate surface area is 166 Å². The van der Waals surface area contributed by atoms with Crippen LogP contribution in [0.15, 0.2) is 71.6 Å². The fraction of sp³-hybridized carbons (Fsp3) is 0.318. The molecule has 1 aliphatic heterocycles. The zero-order valence-corrected chi connectivity index (χ0v) is 17.0. The number of hydrogen-bond acceptors (Lipinski definition) is 4. The summed E-state index contributed by atoms with van der Waals surface area (Å²) in [5.74, 6) is -0.366. The van der Waals surface area contributed by atoms with Gasteiger partial charge in [-0.1, -0.05) is 60.2 Å². The Morgan fingerprint density at radius 3 is 2.36 bits per heavy atom. The number of benzene rings is 2. The van der Waals surface area contributed by atoms with Gasteiger partial charge >= 0.3 is 5.97 Å². The summed E-state index contributed by atoms with van der Waals surface area (Å²) in [4.78, 5) is 13.0. The van der Waals surface area contributed by atoms with E-state index < -0.39 is 15.4 Å². The highest BCUT2D eigenvalue weighted by molar-refractivity contribution is 7.89. The minimum Gasteiger partial charge on any atom is -0.464 e. The molecule has 0 amide bonds. The third kappa shape index (κ3) is 4.03. The molecule has 1 saturated heterocycles. The molecule has 0 aromatic heterocycles. The van der Waals surface area contributed by atoms with Crippen molar-refractivity contribution in [1.82, 2.24) is 4.31 Å². The van der Waals surface area contributed by atoms with E-state index in [0.29, 0.717) is 12.0 Å². The number of sulfonamides is 1. The molecule has 28 heavy (non-hydrogen) atoms. The number of rotatable bonds is 3. The van der Waals surface area contributed by atoms with Crippen molar-refractivity contribution < 1.29 is 17.9 Å². The van der Waals surface area contributed by atoms with Gasteiger partial charge in [0.1, 0.15) is 6.61 Å². The first kappa shape index (κ1) is 20.3. The van der Waals surface area contributed by atoms with E-state index in [0.717, 1.165) is 11.1 Å². The van der Waals surface area contributed by atoms with Gasteiger partial charge in [-0.25, -0.2) is 8.42 Å². The number of ether oxygens (including phenoxy) is 1. The van der Waals surface area contributed by atoms with Crippen molar-refractivity contribution in [3.05, 3.63) is 77.9 Å². The fourth-order valence-electron chi connectivity index (χ4n) is 3.45. The van der Waals surface area contributed by atoms with Gasteiger partial charge in [0, 0.05) is 13.1 Å². The van der Waals surface area contributed by atoms with Gasteiger partial charge in [0.25, 0.3) is 0 Å². The minimum absolute atomic E-state index is 0.000369. The quantitative estimate of drug-likeness (QED) is 0.586. The minimum atomic E-state index is -3.71. The lowest BCUT2D eigenvalue weighted by Crippen LogP contribution is -2.35. The van der Waals surface area contributed by atoms with Crippen LogP contribution in [0.2, 0.25) is 0 Å². The number of hydrogen-bond donors (Lipinski definition) is 0. The Bertz CT molecular complexity index is 967. The number of carbonyl (C=O) groups is 1. The third-order valence-corrected chi connectivity index (χ3v) is 6.96. The van der Waals surface area contributed by atoms with Gasteiger partial charge in [-0.2, -0.15) is 4.31 Å². The summed E-state index contributed by atoms with van der Waals surface area (Å²) < 4.78 is 33.0. The van der Waals surface area contributed by atoms with E-state index in [2.05, 4.69) is 6.58 Å². The Balaban J connectivity index is 1.90. The molecule has 3 rings (SSSR count). The first-order valence-electron chi connectivity index (χ1n) is 9.20. The predicted molar refractivity (Wildman–Crippen MR) is 108 cm³/mol. The summed E-state index contributed by atoms with van der Waals surface area (Å²) in [5.41, 5.74) is 1.58. The summed E-state index contributed by atoms with van der Waals surface area (Å²) in [6.45, 7) is 8.03. The van der Waals surface area contributed by atoms with Crippen LogP contribution in [0.3, 0.4) is 0 Å². The topological polar surface area (TPSA) is 63.7 Å². The van der Waals surface area contributed by atoms with Gasteiger partial charge in [0.15, 0.2) is 0 Å². The molecule has 1 atom stereocenters. The average Bonchev–Trinajstić information content (AvgIpc) is 2.72. The largest absolute Gasteiger partial charge is 0.464 e. The van der Waals surface area contributed by atoms with Crippen molar-refractivity contribution in [2.45, 2.75) is 30.6 Å². The molecular weight excluding hydrogens is 374 g/mol. The van der Waals surface area contributed by atoms with Crippen molar-refractivity contribution >= 4 is 16.0 Å².